The second-order valence-electron chi connectivity index (χ2n) is 31.3. The van der Waals surface area contributed by atoms with Crippen LogP contribution in [0, 0.1) is 5.92 Å². The van der Waals surface area contributed by atoms with E-state index < -0.39 is 0 Å². The molecule has 6 saturated heterocycles. The van der Waals surface area contributed by atoms with E-state index in [0.29, 0.717) is 39.3 Å². The van der Waals surface area contributed by atoms with Crippen molar-refractivity contribution in [1.82, 2.24) is 55.1 Å². The van der Waals surface area contributed by atoms with E-state index in [9.17, 15) is 0 Å². The number of piperidine rings is 6. The van der Waals surface area contributed by atoms with Crippen LogP contribution in [0.25, 0.3) is 0 Å². The predicted molar refractivity (Wildman–Crippen MR) is 383 cm³/mol. The molecule has 83 heavy (non-hydrogen) atoms. The van der Waals surface area contributed by atoms with Crippen LogP contribution in [0.2, 0.25) is 0 Å². The van der Waals surface area contributed by atoms with E-state index in [2.05, 4.69) is 242 Å². The Morgan fingerprint density at radius 3 is 0.843 bits per heavy atom. The van der Waals surface area contributed by atoms with E-state index in [1.807, 2.05) is 0 Å². The summed E-state index contributed by atoms with van der Waals surface area (Å²) in [5.41, 5.74) is 2.17. The lowest BCUT2D eigenvalue weighted by atomic mass is 9.95. The van der Waals surface area contributed by atoms with Crippen molar-refractivity contribution in [2.75, 3.05) is 119 Å². The molecule has 0 aromatic carbocycles. The largest absolute Gasteiger partial charge is 0.317 e. The highest BCUT2D eigenvalue weighted by atomic mass is 15.2. The Bertz CT molecular complexity index is 1440. The first-order chi connectivity index (χ1) is 35.9. The van der Waals surface area contributed by atoms with Gasteiger partial charge in [0, 0.05) is 135 Å². The zero-order valence-electron chi connectivity index (χ0n) is 58.2. The first-order valence-electron chi connectivity index (χ1n) is 32.9. The van der Waals surface area contributed by atoms with Crippen LogP contribution in [-0.2, 0) is 0 Å². The first-order valence-corrected chi connectivity index (χ1v) is 32.9. The molecular formula is C72H165N11. The summed E-state index contributed by atoms with van der Waals surface area (Å²) in [5, 5.41) is 10.5. The van der Waals surface area contributed by atoms with E-state index in [1.165, 1.54) is 169 Å². The Balaban J connectivity index is -0.000000290. The van der Waals surface area contributed by atoms with Gasteiger partial charge in [-0.2, -0.15) is 0 Å². The van der Waals surface area contributed by atoms with Crippen molar-refractivity contribution in [2.24, 2.45) is 5.92 Å². The number of rotatable bonds is 9. The number of nitrogens with zero attached hydrogens (tertiary/aromatic N) is 8. The molecule has 0 radical (unpaired) electrons. The lowest BCUT2D eigenvalue weighted by Gasteiger charge is -2.43. The molecule has 6 fully saturated rings. The Hall–Kier alpha value is -0.440. The topological polar surface area (TPSA) is 62.0 Å². The molecular weight excluding hydrogens is 1020 g/mol. The molecule has 0 saturated carbocycles. The van der Waals surface area contributed by atoms with Crippen LogP contribution in [0.15, 0.2) is 0 Å². The number of nitrogens with one attached hydrogen (secondary N) is 3. The zero-order valence-corrected chi connectivity index (χ0v) is 58.2. The van der Waals surface area contributed by atoms with Crippen molar-refractivity contribution in [2.45, 2.75) is 350 Å². The maximum absolute atomic E-state index is 3.63. The highest BCUT2D eigenvalue weighted by Gasteiger charge is 2.32. The third-order valence-electron chi connectivity index (χ3n) is 18.4. The van der Waals surface area contributed by atoms with Crippen LogP contribution in [-0.4, -0.2) is 228 Å². The van der Waals surface area contributed by atoms with Gasteiger partial charge in [-0.05, 0) is 261 Å². The normalized spacial score (nSPS) is 21.0. The maximum atomic E-state index is 3.63. The molecule has 0 bridgehead atoms. The SMILES string of the molecule is C.C.C.C.C.CC(C)NC1CCN(C(C)(C)C)CC1.CC1CCN(C(C)(C)C)CC1.CCN(CC)C1CCN(C(C)(C)C)CC1.CCNC1CCN(C(C)(C)C)CC1.CN(C)C1CCN(C(C)(C)C)CC1.CNC1CCN(C(C)(C)C)CC1. The van der Waals surface area contributed by atoms with Gasteiger partial charge in [-0.3, -0.25) is 29.4 Å². The summed E-state index contributed by atoms with van der Waals surface area (Å²) >= 11 is 0. The molecule has 0 aromatic heterocycles. The molecule has 6 aliphatic rings. The van der Waals surface area contributed by atoms with Gasteiger partial charge in [0.1, 0.15) is 0 Å². The maximum Gasteiger partial charge on any atom is 0.0125 e. The van der Waals surface area contributed by atoms with Gasteiger partial charge in [0.05, 0.1) is 0 Å². The standard InChI is InChI=1S/C13H28N2.C12H26N2.2C11H24N2.C10H22N2.C10H21N.5CH4/c1-6-14(7-2)12-8-10-15(11-9-12)13(3,4)5;1-10(2)13-11-6-8-14(9-7-11)12(3,4)5;1-11(2,3)13-8-6-10(7-9-13)12(4)5;1-5-12-10-6-8-13(9-7-10)11(2,3)4;1-10(2,3)12-7-5-9(11-4)6-8-12;1-9-5-7-11(8-6-9)10(2,3)4;;;;;/h12H,6-11H2,1-5H3;10-11,13H,6-9H2,1-5H3;10H,6-9H2,1-5H3;10,12H,5-9H2,1-4H3;9,11H,5-8H2,1-4H3;9H,5-8H2,1-4H3;5*1H4. The van der Waals surface area contributed by atoms with E-state index in [1.54, 1.807) is 0 Å². The Morgan fingerprint density at radius 2 is 0.614 bits per heavy atom. The molecule has 6 rings (SSSR count). The van der Waals surface area contributed by atoms with Gasteiger partial charge in [0.25, 0.3) is 0 Å². The fourth-order valence-electron chi connectivity index (χ4n) is 12.4. The van der Waals surface area contributed by atoms with Crippen LogP contribution in [0.3, 0.4) is 0 Å². The van der Waals surface area contributed by atoms with Crippen LogP contribution < -0.4 is 16.0 Å². The average Bonchev–Trinajstić information content (AvgIpc) is 3.34. The average molecular weight is 1190 g/mol. The van der Waals surface area contributed by atoms with E-state index in [0.717, 1.165) is 42.7 Å². The lowest BCUT2D eigenvalue weighted by molar-refractivity contribution is 0.0602. The highest BCUT2D eigenvalue weighted by molar-refractivity contribution is 4.89. The summed E-state index contributed by atoms with van der Waals surface area (Å²) in [7, 11) is 6.45. The van der Waals surface area contributed by atoms with Crippen molar-refractivity contribution in [3.05, 3.63) is 0 Å². The van der Waals surface area contributed by atoms with Crippen LogP contribution in [0.4, 0.5) is 0 Å². The van der Waals surface area contributed by atoms with E-state index >= 15 is 0 Å². The predicted octanol–water partition coefficient (Wildman–Crippen LogP) is 15.7. The summed E-state index contributed by atoms with van der Waals surface area (Å²) in [6, 6.07) is 4.53. The van der Waals surface area contributed by atoms with Crippen molar-refractivity contribution in [3.63, 3.8) is 0 Å². The van der Waals surface area contributed by atoms with Gasteiger partial charge in [-0.25, -0.2) is 0 Å². The van der Waals surface area contributed by atoms with Gasteiger partial charge in [0.15, 0.2) is 0 Å². The van der Waals surface area contributed by atoms with E-state index in [4.69, 9.17) is 0 Å². The van der Waals surface area contributed by atoms with Crippen molar-refractivity contribution in [1.29, 1.82) is 0 Å². The van der Waals surface area contributed by atoms with Gasteiger partial charge >= 0.3 is 0 Å². The first kappa shape index (κ1) is 91.3. The molecule has 0 aromatic rings. The fraction of sp³-hybridized carbons (Fsp3) is 1.00. The molecule has 0 amide bonds. The molecule has 6 heterocycles. The number of likely N-dealkylation sites (tertiary alicyclic amines) is 6. The van der Waals surface area contributed by atoms with Crippen molar-refractivity contribution in [3.8, 4) is 0 Å². The lowest BCUT2D eigenvalue weighted by Crippen LogP contribution is -2.50. The summed E-state index contributed by atoms with van der Waals surface area (Å²) in [5.74, 6) is 0.952. The second kappa shape index (κ2) is 43.3. The fourth-order valence-corrected chi connectivity index (χ4v) is 12.4. The molecule has 0 spiro atoms. The second-order valence-corrected chi connectivity index (χ2v) is 31.3. The van der Waals surface area contributed by atoms with Crippen molar-refractivity contribution >= 4 is 0 Å². The summed E-state index contributed by atoms with van der Waals surface area (Å²) in [6.07, 6.45) is 15.9. The minimum absolute atomic E-state index is 0. The minimum atomic E-state index is 0. The molecule has 0 aliphatic carbocycles. The summed E-state index contributed by atoms with van der Waals surface area (Å²) in [4.78, 5) is 20.5. The molecule has 0 unspecified atom stereocenters. The zero-order chi connectivity index (χ0) is 59.9. The van der Waals surface area contributed by atoms with Gasteiger partial charge in [-0.1, -0.05) is 78.7 Å². The van der Waals surface area contributed by atoms with Crippen LogP contribution >= 0.6 is 0 Å². The van der Waals surface area contributed by atoms with Gasteiger partial charge in [0.2, 0.25) is 0 Å². The number of hydrogen-bond acceptors (Lipinski definition) is 11. The molecule has 3 N–H and O–H groups in total. The third kappa shape index (κ3) is 38.0. The smallest absolute Gasteiger partial charge is 0.0125 e. The molecule has 508 valence electrons. The molecule has 11 heteroatoms. The monoisotopic (exact) mass is 1180 g/mol. The van der Waals surface area contributed by atoms with Gasteiger partial charge in [-0.15, -0.1) is 0 Å². The van der Waals surface area contributed by atoms with E-state index in [-0.39, 0.29) is 37.1 Å². The Morgan fingerprint density at radius 1 is 0.373 bits per heavy atom. The Kier molecular flexibility index (Phi) is 47.6. The number of hydrogen-bond donors (Lipinski definition) is 3. The van der Waals surface area contributed by atoms with Crippen LogP contribution in [0.5, 0.6) is 0 Å². The molecule has 11 nitrogen and oxygen atoms in total. The molecule has 6 aliphatic heterocycles. The summed E-state index contributed by atoms with van der Waals surface area (Å²) < 4.78 is 0. The molecule has 0 atom stereocenters. The van der Waals surface area contributed by atoms with Crippen LogP contribution in [0.1, 0.15) is 280 Å². The third-order valence-corrected chi connectivity index (χ3v) is 18.4. The quantitative estimate of drug-likeness (QED) is 0.207. The van der Waals surface area contributed by atoms with Crippen molar-refractivity contribution < 1.29 is 0 Å². The minimum Gasteiger partial charge on any atom is -0.317 e. The Labute approximate surface area is 527 Å². The highest BCUT2D eigenvalue weighted by Crippen LogP contribution is 2.26. The van der Waals surface area contributed by atoms with Gasteiger partial charge < -0.3 is 25.8 Å². The summed E-state index contributed by atoms with van der Waals surface area (Å²) in [6.45, 7) is 73.8.